The van der Waals surface area contributed by atoms with E-state index in [1.54, 1.807) is 6.92 Å². The lowest BCUT2D eigenvalue weighted by molar-refractivity contribution is -0.387. The summed E-state index contributed by atoms with van der Waals surface area (Å²) in [7, 11) is 0. The van der Waals surface area contributed by atoms with Crippen molar-refractivity contribution in [1.82, 2.24) is 0 Å². The fourth-order valence-electron chi connectivity index (χ4n) is 1.38. The van der Waals surface area contributed by atoms with Gasteiger partial charge in [0.15, 0.2) is 0 Å². The maximum atomic E-state index is 11.0. The standard InChI is InChI=1S/C12H11NO3S2/c1-8(14)11-7-10(13(15)16)12(18-11)17-9-5-3-2-4-6-9/h2-8,14H,1H3/t8-/m1/s1. The van der Waals surface area contributed by atoms with Gasteiger partial charge in [-0.2, -0.15) is 0 Å². The molecule has 6 heteroatoms. The summed E-state index contributed by atoms with van der Waals surface area (Å²) in [6.07, 6.45) is -0.682. The van der Waals surface area contributed by atoms with Gasteiger partial charge in [-0.05, 0) is 19.1 Å². The summed E-state index contributed by atoms with van der Waals surface area (Å²) in [4.78, 5) is 12.1. The van der Waals surface area contributed by atoms with E-state index in [0.29, 0.717) is 9.09 Å². The molecule has 2 aromatic rings. The zero-order chi connectivity index (χ0) is 13.1. The molecule has 1 aromatic heterocycles. The highest BCUT2D eigenvalue weighted by Gasteiger charge is 2.21. The van der Waals surface area contributed by atoms with Crippen LogP contribution in [0.5, 0.6) is 0 Å². The number of hydrogen-bond donors (Lipinski definition) is 1. The van der Waals surface area contributed by atoms with Crippen LogP contribution < -0.4 is 0 Å². The van der Waals surface area contributed by atoms with E-state index in [1.807, 2.05) is 30.3 Å². The van der Waals surface area contributed by atoms with Crippen LogP contribution in [0.25, 0.3) is 0 Å². The van der Waals surface area contributed by atoms with Gasteiger partial charge in [0.25, 0.3) is 5.69 Å². The minimum absolute atomic E-state index is 0.0600. The molecule has 1 heterocycles. The lowest BCUT2D eigenvalue weighted by Crippen LogP contribution is -1.87. The largest absolute Gasteiger partial charge is 0.388 e. The van der Waals surface area contributed by atoms with Gasteiger partial charge in [0.1, 0.15) is 4.21 Å². The molecule has 18 heavy (non-hydrogen) atoms. The molecule has 0 aliphatic rings. The number of rotatable bonds is 4. The first kappa shape index (κ1) is 13.1. The lowest BCUT2D eigenvalue weighted by atomic mass is 10.3. The van der Waals surface area contributed by atoms with Gasteiger partial charge in [-0.1, -0.05) is 30.0 Å². The van der Waals surface area contributed by atoms with E-state index in [2.05, 4.69) is 0 Å². The highest BCUT2D eigenvalue weighted by Crippen LogP contribution is 2.42. The average molecular weight is 281 g/mol. The van der Waals surface area contributed by atoms with Crippen LogP contribution in [0, 0.1) is 10.1 Å². The van der Waals surface area contributed by atoms with Crippen LogP contribution in [0.15, 0.2) is 45.5 Å². The predicted molar refractivity (Wildman–Crippen MR) is 72.2 cm³/mol. The molecular weight excluding hydrogens is 270 g/mol. The highest BCUT2D eigenvalue weighted by molar-refractivity contribution is 8.01. The zero-order valence-corrected chi connectivity index (χ0v) is 11.2. The van der Waals surface area contributed by atoms with E-state index in [0.717, 1.165) is 4.90 Å². The summed E-state index contributed by atoms with van der Waals surface area (Å²) >= 11 is 2.61. The van der Waals surface area contributed by atoms with Crippen molar-refractivity contribution in [3.8, 4) is 0 Å². The molecule has 1 N–H and O–H groups in total. The molecule has 0 radical (unpaired) electrons. The van der Waals surface area contributed by atoms with Gasteiger partial charge < -0.3 is 5.11 Å². The maximum absolute atomic E-state index is 11.0. The Labute approximate surface area is 112 Å². The van der Waals surface area contributed by atoms with Gasteiger partial charge in [0.2, 0.25) is 0 Å². The van der Waals surface area contributed by atoms with Crippen LogP contribution in [0.2, 0.25) is 0 Å². The molecule has 0 aliphatic heterocycles. The number of aliphatic hydroxyl groups excluding tert-OH is 1. The fraction of sp³-hybridized carbons (Fsp3) is 0.167. The molecule has 0 saturated carbocycles. The molecule has 2 rings (SSSR count). The van der Waals surface area contributed by atoms with Gasteiger partial charge in [0.05, 0.1) is 11.0 Å². The van der Waals surface area contributed by atoms with Crippen molar-refractivity contribution in [2.75, 3.05) is 0 Å². The fourth-order valence-corrected chi connectivity index (χ4v) is 3.67. The molecule has 0 unspecified atom stereocenters. The number of nitro groups is 1. The second-order valence-electron chi connectivity index (χ2n) is 3.67. The minimum Gasteiger partial charge on any atom is -0.388 e. The van der Waals surface area contributed by atoms with Crippen molar-refractivity contribution < 1.29 is 10.0 Å². The monoisotopic (exact) mass is 281 g/mol. The van der Waals surface area contributed by atoms with Crippen LogP contribution in [0.1, 0.15) is 17.9 Å². The first-order chi connectivity index (χ1) is 8.58. The molecule has 1 aromatic carbocycles. The zero-order valence-electron chi connectivity index (χ0n) is 9.57. The summed E-state index contributed by atoms with van der Waals surface area (Å²) < 4.78 is 0.599. The van der Waals surface area contributed by atoms with E-state index in [1.165, 1.54) is 29.2 Å². The summed E-state index contributed by atoms with van der Waals surface area (Å²) in [5.74, 6) is 0. The van der Waals surface area contributed by atoms with E-state index in [-0.39, 0.29) is 5.69 Å². The van der Waals surface area contributed by atoms with Crippen molar-refractivity contribution >= 4 is 28.8 Å². The molecular formula is C12H11NO3S2. The Morgan fingerprint density at radius 2 is 2.06 bits per heavy atom. The number of nitrogens with zero attached hydrogens (tertiary/aromatic N) is 1. The number of hydrogen-bond acceptors (Lipinski definition) is 5. The van der Waals surface area contributed by atoms with Crippen molar-refractivity contribution in [2.45, 2.75) is 22.1 Å². The third-order valence-corrected chi connectivity index (χ3v) is 4.75. The third kappa shape index (κ3) is 2.90. The topological polar surface area (TPSA) is 63.4 Å². The SMILES string of the molecule is C[C@@H](O)c1cc([N+](=O)[O-])c(Sc2ccccc2)s1. The van der Waals surface area contributed by atoms with Crippen molar-refractivity contribution in [3.63, 3.8) is 0 Å². The van der Waals surface area contributed by atoms with Crippen molar-refractivity contribution in [1.29, 1.82) is 0 Å². The van der Waals surface area contributed by atoms with Gasteiger partial charge >= 0.3 is 0 Å². The Balaban J connectivity index is 2.34. The van der Waals surface area contributed by atoms with E-state index < -0.39 is 11.0 Å². The Morgan fingerprint density at radius 1 is 1.39 bits per heavy atom. The van der Waals surface area contributed by atoms with Crippen LogP contribution in [0.3, 0.4) is 0 Å². The lowest BCUT2D eigenvalue weighted by Gasteiger charge is -1.98. The summed E-state index contributed by atoms with van der Waals surface area (Å²) in [5.41, 5.74) is 0.0600. The Bertz CT molecular complexity index is 552. The van der Waals surface area contributed by atoms with Crippen molar-refractivity contribution in [2.24, 2.45) is 0 Å². The third-order valence-electron chi connectivity index (χ3n) is 2.26. The normalized spacial score (nSPS) is 12.3. The number of aliphatic hydroxyl groups is 1. The van der Waals surface area contributed by atoms with E-state index >= 15 is 0 Å². The Hall–Kier alpha value is -1.37. The van der Waals surface area contributed by atoms with Gasteiger partial charge in [-0.25, -0.2) is 0 Å². The molecule has 0 saturated heterocycles. The van der Waals surface area contributed by atoms with Crippen molar-refractivity contribution in [3.05, 3.63) is 51.4 Å². The molecule has 0 fully saturated rings. The van der Waals surface area contributed by atoms with E-state index in [4.69, 9.17) is 0 Å². The second kappa shape index (κ2) is 5.51. The Morgan fingerprint density at radius 3 is 2.61 bits per heavy atom. The van der Waals surface area contributed by atoms with Crippen LogP contribution in [0.4, 0.5) is 5.69 Å². The average Bonchev–Trinajstić information content (AvgIpc) is 2.74. The second-order valence-corrected chi connectivity index (χ2v) is 6.10. The Kier molecular flexibility index (Phi) is 4.00. The molecule has 94 valence electrons. The van der Waals surface area contributed by atoms with Gasteiger partial charge in [-0.3, -0.25) is 10.1 Å². The van der Waals surface area contributed by atoms with Gasteiger partial charge in [-0.15, -0.1) is 11.3 Å². The van der Waals surface area contributed by atoms with Crippen LogP contribution in [-0.2, 0) is 0 Å². The number of thiophene rings is 1. The summed E-state index contributed by atoms with van der Waals surface area (Å²) in [6, 6.07) is 10.9. The maximum Gasteiger partial charge on any atom is 0.294 e. The van der Waals surface area contributed by atoms with Gasteiger partial charge in [0, 0.05) is 15.8 Å². The first-order valence-electron chi connectivity index (χ1n) is 5.27. The minimum atomic E-state index is -0.682. The quantitative estimate of drug-likeness (QED) is 0.682. The molecule has 0 aliphatic carbocycles. The number of benzene rings is 1. The smallest absolute Gasteiger partial charge is 0.294 e. The summed E-state index contributed by atoms with van der Waals surface area (Å²) in [5, 5.41) is 20.5. The molecule has 0 spiro atoms. The molecule has 0 bridgehead atoms. The molecule has 4 nitrogen and oxygen atoms in total. The molecule has 1 atom stereocenters. The first-order valence-corrected chi connectivity index (χ1v) is 6.90. The van der Waals surface area contributed by atoms with Crippen LogP contribution >= 0.6 is 23.1 Å². The van der Waals surface area contributed by atoms with Crippen LogP contribution in [-0.4, -0.2) is 10.0 Å². The van der Waals surface area contributed by atoms with E-state index in [9.17, 15) is 15.2 Å². The predicted octanol–water partition coefficient (Wildman–Crippen LogP) is 3.86. The highest BCUT2D eigenvalue weighted by atomic mass is 32.2. The molecule has 0 amide bonds. The summed E-state index contributed by atoms with van der Waals surface area (Å²) in [6.45, 7) is 1.60.